The van der Waals surface area contributed by atoms with Gasteiger partial charge in [-0.3, -0.25) is 10.1 Å². The Balaban J connectivity index is 1.53. The molecule has 0 aliphatic carbocycles. The van der Waals surface area contributed by atoms with Crippen LogP contribution in [0.4, 0.5) is 5.13 Å². The van der Waals surface area contributed by atoms with E-state index in [4.69, 9.17) is 4.74 Å². The number of amides is 1. The number of hydrogen-bond acceptors (Lipinski definition) is 4. The van der Waals surface area contributed by atoms with E-state index in [0.29, 0.717) is 5.13 Å². The normalized spacial score (nSPS) is 10.6. The summed E-state index contributed by atoms with van der Waals surface area (Å²) in [4.78, 5) is 17.5. The second kappa shape index (κ2) is 8.15. The predicted octanol–water partition coefficient (Wildman–Crippen LogP) is 4.68. The number of aromatic nitrogens is 1. The zero-order chi connectivity index (χ0) is 18.5. The summed E-state index contributed by atoms with van der Waals surface area (Å²) in [7, 11) is 0. The minimum absolute atomic E-state index is 0.0310. The molecule has 1 aromatic heterocycles. The number of nitrogens with zero attached hydrogens (tertiary/aromatic N) is 1. The van der Waals surface area contributed by atoms with Gasteiger partial charge in [-0.1, -0.05) is 47.5 Å². The minimum Gasteiger partial charge on any atom is -0.483 e. The summed E-state index contributed by atoms with van der Waals surface area (Å²) in [6.07, 6.45) is 2.62. The highest BCUT2D eigenvalue weighted by Gasteiger charge is 2.09. The van der Waals surface area contributed by atoms with Crippen molar-refractivity contribution >= 4 is 22.4 Å². The standard InChI is InChI=1S/C21H22N2O2S/c1-14-4-7-17(8-5-14)11-18-12-22-21(26-18)23-20(24)13-25-19-9-6-15(2)10-16(19)3/h4-10,12H,11,13H2,1-3H3,(H,22,23,24). The lowest BCUT2D eigenvalue weighted by molar-refractivity contribution is -0.118. The molecule has 1 amide bonds. The van der Waals surface area contributed by atoms with Crippen molar-refractivity contribution in [2.45, 2.75) is 27.2 Å². The van der Waals surface area contributed by atoms with Crippen LogP contribution in [-0.4, -0.2) is 17.5 Å². The molecule has 0 fully saturated rings. The molecule has 3 aromatic rings. The van der Waals surface area contributed by atoms with E-state index in [9.17, 15) is 4.79 Å². The Bertz CT molecular complexity index is 901. The molecule has 1 N–H and O–H groups in total. The SMILES string of the molecule is Cc1ccc(Cc2cnc(NC(=O)COc3ccc(C)cc3C)s2)cc1. The molecule has 0 atom stereocenters. The van der Waals surface area contributed by atoms with Crippen molar-refractivity contribution < 1.29 is 9.53 Å². The fourth-order valence-corrected chi connectivity index (χ4v) is 3.48. The number of thiazole rings is 1. The second-order valence-corrected chi connectivity index (χ2v) is 7.52. The fraction of sp³-hybridized carbons (Fsp3) is 0.238. The van der Waals surface area contributed by atoms with Gasteiger partial charge in [0, 0.05) is 17.5 Å². The van der Waals surface area contributed by atoms with Gasteiger partial charge in [0.05, 0.1) is 0 Å². The Morgan fingerprint density at radius 1 is 1.08 bits per heavy atom. The summed E-state index contributed by atoms with van der Waals surface area (Å²) in [6, 6.07) is 14.3. The van der Waals surface area contributed by atoms with E-state index in [-0.39, 0.29) is 12.5 Å². The Morgan fingerprint density at radius 2 is 1.81 bits per heavy atom. The molecule has 0 radical (unpaired) electrons. The molecule has 0 spiro atoms. The lowest BCUT2D eigenvalue weighted by Crippen LogP contribution is -2.20. The Labute approximate surface area is 157 Å². The van der Waals surface area contributed by atoms with Gasteiger partial charge in [0.25, 0.3) is 5.91 Å². The van der Waals surface area contributed by atoms with Crippen LogP contribution in [0.2, 0.25) is 0 Å². The van der Waals surface area contributed by atoms with Crippen LogP contribution in [0.15, 0.2) is 48.7 Å². The summed E-state index contributed by atoms with van der Waals surface area (Å²) in [6.45, 7) is 6.04. The maximum absolute atomic E-state index is 12.1. The number of anilines is 1. The van der Waals surface area contributed by atoms with Crippen molar-refractivity contribution in [2.75, 3.05) is 11.9 Å². The average Bonchev–Trinajstić information content (AvgIpc) is 3.03. The zero-order valence-corrected chi connectivity index (χ0v) is 16.0. The Kier molecular flexibility index (Phi) is 5.68. The summed E-state index contributed by atoms with van der Waals surface area (Å²) in [5.74, 6) is 0.520. The largest absolute Gasteiger partial charge is 0.483 e. The van der Waals surface area contributed by atoms with Gasteiger partial charge < -0.3 is 4.74 Å². The third-order valence-electron chi connectivity index (χ3n) is 3.99. The van der Waals surface area contributed by atoms with Crippen LogP contribution in [0, 0.1) is 20.8 Å². The molecule has 2 aromatic carbocycles. The number of carbonyl (C=O) groups is 1. The van der Waals surface area contributed by atoms with Gasteiger partial charge in [0.15, 0.2) is 11.7 Å². The van der Waals surface area contributed by atoms with Crippen LogP contribution in [0.5, 0.6) is 5.75 Å². The van der Waals surface area contributed by atoms with Gasteiger partial charge in [-0.15, -0.1) is 11.3 Å². The number of rotatable bonds is 6. The monoisotopic (exact) mass is 366 g/mol. The molecule has 0 saturated carbocycles. The van der Waals surface area contributed by atoms with Crippen molar-refractivity contribution in [1.82, 2.24) is 4.98 Å². The first-order chi connectivity index (χ1) is 12.5. The first-order valence-electron chi connectivity index (χ1n) is 8.50. The first kappa shape index (κ1) is 18.1. The molecule has 0 bridgehead atoms. The number of hydrogen-bond donors (Lipinski definition) is 1. The number of benzene rings is 2. The summed E-state index contributed by atoms with van der Waals surface area (Å²) in [5.41, 5.74) is 4.67. The lowest BCUT2D eigenvalue weighted by Gasteiger charge is -2.09. The predicted molar refractivity (Wildman–Crippen MR) is 106 cm³/mol. The van der Waals surface area contributed by atoms with E-state index < -0.39 is 0 Å². The quantitative estimate of drug-likeness (QED) is 0.689. The van der Waals surface area contributed by atoms with Gasteiger partial charge >= 0.3 is 0 Å². The average molecular weight is 366 g/mol. The Morgan fingerprint density at radius 3 is 2.54 bits per heavy atom. The van der Waals surface area contributed by atoms with Crippen molar-refractivity contribution in [1.29, 1.82) is 0 Å². The molecule has 1 heterocycles. The molecule has 0 saturated heterocycles. The maximum atomic E-state index is 12.1. The van der Waals surface area contributed by atoms with E-state index >= 15 is 0 Å². The highest BCUT2D eigenvalue weighted by atomic mass is 32.1. The second-order valence-electron chi connectivity index (χ2n) is 6.40. The van der Waals surface area contributed by atoms with Crippen molar-refractivity contribution in [2.24, 2.45) is 0 Å². The molecular formula is C21H22N2O2S. The van der Waals surface area contributed by atoms with Crippen molar-refractivity contribution in [3.05, 3.63) is 75.8 Å². The Hall–Kier alpha value is -2.66. The molecule has 0 aliphatic heterocycles. The first-order valence-corrected chi connectivity index (χ1v) is 9.31. The lowest BCUT2D eigenvalue weighted by atomic mass is 10.1. The molecule has 134 valence electrons. The number of aryl methyl sites for hydroxylation is 3. The third-order valence-corrected chi connectivity index (χ3v) is 4.90. The summed E-state index contributed by atoms with van der Waals surface area (Å²) < 4.78 is 5.60. The van der Waals surface area contributed by atoms with Crippen LogP contribution in [0.3, 0.4) is 0 Å². The molecule has 26 heavy (non-hydrogen) atoms. The van der Waals surface area contributed by atoms with Crippen molar-refractivity contribution in [3.63, 3.8) is 0 Å². The third kappa shape index (κ3) is 4.92. The molecule has 3 rings (SSSR count). The molecule has 5 heteroatoms. The van der Waals surface area contributed by atoms with Crippen molar-refractivity contribution in [3.8, 4) is 5.75 Å². The van der Waals surface area contributed by atoms with Crippen LogP contribution in [0.1, 0.15) is 27.1 Å². The van der Waals surface area contributed by atoms with Gasteiger partial charge in [-0.05, 0) is 38.0 Å². The fourth-order valence-electron chi connectivity index (χ4n) is 2.61. The summed E-state index contributed by atoms with van der Waals surface area (Å²) >= 11 is 1.49. The van der Waals surface area contributed by atoms with Gasteiger partial charge in [-0.2, -0.15) is 0 Å². The molecule has 0 unspecified atom stereocenters. The van der Waals surface area contributed by atoms with E-state index in [1.807, 2.05) is 38.2 Å². The van der Waals surface area contributed by atoms with Crippen LogP contribution in [0.25, 0.3) is 0 Å². The number of nitrogens with one attached hydrogen (secondary N) is 1. The van der Waals surface area contributed by atoms with E-state index in [1.54, 1.807) is 0 Å². The maximum Gasteiger partial charge on any atom is 0.264 e. The molecule has 4 nitrogen and oxygen atoms in total. The zero-order valence-electron chi connectivity index (χ0n) is 15.2. The van der Waals surface area contributed by atoms with Gasteiger partial charge in [0.1, 0.15) is 5.75 Å². The van der Waals surface area contributed by atoms with Gasteiger partial charge in [-0.25, -0.2) is 4.98 Å². The van der Waals surface area contributed by atoms with Crippen LogP contribution >= 0.6 is 11.3 Å². The topological polar surface area (TPSA) is 51.2 Å². The van der Waals surface area contributed by atoms with E-state index in [2.05, 4.69) is 41.5 Å². The van der Waals surface area contributed by atoms with Crippen LogP contribution < -0.4 is 10.1 Å². The smallest absolute Gasteiger partial charge is 0.264 e. The molecular weight excluding hydrogens is 344 g/mol. The summed E-state index contributed by atoms with van der Waals surface area (Å²) in [5, 5.41) is 3.40. The van der Waals surface area contributed by atoms with E-state index in [0.717, 1.165) is 22.6 Å². The van der Waals surface area contributed by atoms with E-state index in [1.165, 1.54) is 28.0 Å². The van der Waals surface area contributed by atoms with Gasteiger partial charge in [0.2, 0.25) is 0 Å². The van der Waals surface area contributed by atoms with Crippen LogP contribution in [-0.2, 0) is 11.2 Å². The minimum atomic E-state index is -0.207. The highest BCUT2D eigenvalue weighted by Crippen LogP contribution is 2.22. The molecule has 0 aliphatic rings. The number of carbonyl (C=O) groups excluding carboxylic acids is 1. The highest BCUT2D eigenvalue weighted by molar-refractivity contribution is 7.15. The number of ether oxygens (including phenoxy) is 1.